The number of ether oxygens (including phenoxy) is 2. The Balaban J connectivity index is 2.24. The summed E-state index contributed by atoms with van der Waals surface area (Å²) in [5.74, 6) is -0.314. The molecule has 2 fully saturated rings. The monoisotopic (exact) mass is 162 g/mol. The third-order valence-electron chi connectivity index (χ3n) is 2.35. The second-order valence-electron chi connectivity index (χ2n) is 3.10. The van der Waals surface area contributed by atoms with Crippen molar-refractivity contribution in [1.82, 2.24) is 0 Å². The van der Waals surface area contributed by atoms with Crippen LogP contribution in [0.25, 0.3) is 0 Å². The van der Waals surface area contributed by atoms with E-state index in [-0.39, 0.29) is 19.1 Å². The fourth-order valence-corrected chi connectivity index (χ4v) is 1.55. The average Bonchev–Trinajstić information content (AvgIpc) is 2.23. The Morgan fingerprint density at radius 1 is 1.73 bits per heavy atom. The van der Waals surface area contributed by atoms with Gasteiger partial charge in [-0.15, -0.1) is 0 Å². The molecule has 0 spiro atoms. The Kier molecular flexibility index (Phi) is 1.40. The van der Waals surface area contributed by atoms with Crippen molar-refractivity contribution in [3.05, 3.63) is 0 Å². The molecule has 4 nitrogen and oxygen atoms in total. The Morgan fingerprint density at radius 3 is 3.18 bits per heavy atom. The molecule has 4 atom stereocenters. The van der Waals surface area contributed by atoms with Crippen LogP contribution in [0.5, 0.6) is 0 Å². The minimum atomic E-state index is -1.03. The van der Waals surface area contributed by atoms with E-state index >= 15 is 0 Å². The molecule has 0 radical (unpaired) electrons. The van der Waals surface area contributed by atoms with Crippen molar-refractivity contribution in [2.75, 3.05) is 26.4 Å². The maximum absolute atomic E-state index is 9.64. The third-order valence-corrected chi connectivity index (χ3v) is 2.35. The lowest BCUT2D eigenvalue weighted by Crippen LogP contribution is -2.52. The summed E-state index contributed by atoms with van der Waals surface area (Å²) in [6, 6.07) is 0. The molecule has 0 aromatic carbocycles. The van der Waals surface area contributed by atoms with Crippen molar-refractivity contribution >= 4 is 0 Å². The van der Waals surface area contributed by atoms with E-state index in [2.05, 4.69) is 0 Å². The van der Waals surface area contributed by atoms with Gasteiger partial charge >= 0.3 is 0 Å². The van der Waals surface area contributed by atoms with Gasteiger partial charge in [-0.3, -0.25) is 0 Å². The van der Waals surface area contributed by atoms with Crippen LogP contribution < -0.4 is 0 Å². The molecule has 0 saturated carbocycles. The van der Waals surface area contributed by atoms with Gasteiger partial charge < -0.3 is 19.7 Å². The number of hydrogen-bond acceptors (Lipinski definition) is 4. The topological polar surface area (TPSA) is 58.9 Å². The normalized spacial score (nSPS) is 57.6. The molecule has 2 heterocycles. The highest BCUT2D eigenvalue weighted by Crippen LogP contribution is 2.34. The van der Waals surface area contributed by atoms with Gasteiger partial charge in [-0.1, -0.05) is 0 Å². The number of aliphatic hydroxyl groups excluding tert-OH is 2. The number of rotatable bonds is 1. The second-order valence-corrected chi connectivity index (χ2v) is 3.10. The largest absolute Gasteiger partial charge is 0.393 e. The van der Waals surface area contributed by atoms with Gasteiger partial charge in [0.15, 0.2) is 0 Å². The average molecular weight is 162 g/mol. The molecule has 2 N–H and O–H groups in total. The molecule has 2 aliphatic heterocycles. The number of fused-ring (bicyclic) bond motifs is 2. The number of hydrogen-bond donors (Lipinski definition) is 2. The maximum atomic E-state index is 9.64. The fraction of sp³-hybridized carbons (Fsp3) is 1.00. The van der Waals surface area contributed by atoms with Gasteiger partial charge in [0.2, 0.25) is 0 Å². The third kappa shape index (κ3) is 0.906. The van der Waals surface area contributed by atoms with Crippen molar-refractivity contribution in [3.63, 3.8) is 0 Å². The fourth-order valence-electron chi connectivity index (χ4n) is 1.55. The first-order valence-electron chi connectivity index (χ1n) is 4.24. The van der Waals surface area contributed by atoms with E-state index in [1.165, 1.54) is 0 Å². The van der Waals surface area contributed by atoms with Crippen LogP contribution >= 0.6 is 0 Å². The van der Waals surface area contributed by atoms with Crippen LogP contribution in [0.2, 0.25) is 0 Å². The van der Waals surface area contributed by atoms with Crippen molar-refractivity contribution in [2.24, 2.45) is 5.92 Å². The van der Waals surface area contributed by atoms with Crippen molar-refractivity contribution in [3.8, 4) is 0 Å². The summed E-state index contributed by atoms with van der Waals surface area (Å²) in [7, 11) is 0. The Labute approximate surface area is 66.1 Å². The predicted molar refractivity (Wildman–Crippen MR) is 36.1 cm³/mol. The quantitative estimate of drug-likeness (QED) is 0.506. The first-order valence-corrected chi connectivity index (χ1v) is 3.66. The Morgan fingerprint density at radius 2 is 2.55 bits per heavy atom. The molecular weight excluding hydrogens is 148 g/mol. The summed E-state index contributed by atoms with van der Waals surface area (Å²) in [4.78, 5) is 0. The molecule has 11 heavy (non-hydrogen) atoms. The molecule has 64 valence electrons. The van der Waals surface area contributed by atoms with E-state index < -0.39 is 18.3 Å². The molecule has 2 bridgehead atoms. The molecule has 0 aliphatic carbocycles. The van der Waals surface area contributed by atoms with Gasteiger partial charge in [0.1, 0.15) is 5.60 Å². The molecule has 0 aromatic heterocycles. The van der Waals surface area contributed by atoms with Crippen molar-refractivity contribution in [2.45, 2.75) is 11.7 Å². The van der Waals surface area contributed by atoms with Crippen LogP contribution in [0, 0.1) is 5.92 Å². The minimum absolute atomic E-state index is 0.177. The lowest BCUT2D eigenvalue weighted by molar-refractivity contribution is -0.151. The SMILES string of the molecule is [3H][C@H]1O[C@@]2(CO)COCC1[C@H]2O. The molecule has 0 amide bonds. The predicted octanol–water partition coefficient (Wildman–Crippen LogP) is -1.25. The van der Waals surface area contributed by atoms with E-state index in [9.17, 15) is 5.11 Å². The molecular formula is C7H12O4. The van der Waals surface area contributed by atoms with E-state index in [0.29, 0.717) is 6.61 Å². The zero-order valence-electron chi connectivity index (χ0n) is 7.06. The lowest BCUT2D eigenvalue weighted by atomic mass is 9.90. The molecule has 0 aromatic rings. The van der Waals surface area contributed by atoms with Gasteiger partial charge in [0.05, 0.1) is 33.9 Å². The highest BCUT2D eigenvalue weighted by molar-refractivity contribution is 4.99. The van der Waals surface area contributed by atoms with Crippen LogP contribution in [0.15, 0.2) is 0 Å². The highest BCUT2D eigenvalue weighted by atomic mass is 16.6. The summed E-state index contributed by atoms with van der Waals surface area (Å²) in [5, 5.41) is 18.7. The summed E-state index contributed by atoms with van der Waals surface area (Å²) in [5.41, 5.74) is -1.03. The zero-order chi connectivity index (χ0) is 8.77. The van der Waals surface area contributed by atoms with Crippen LogP contribution in [-0.4, -0.2) is 48.3 Å². The smallest absolute Gasteiger partial charge is 0.140 e. The molecule has 1 unspecified atom stereocenters. The highest BCUT2D eigenvalue weighted by Gasteiger charge is 2.52. The second kappa shape index (κ2) is 2.42. The van der Waals surface area contributed by atoms with Crippen LogP contribution in [0.1, 0.15) is 1.37 Å². The van der Waals surface area contributed by atoms with Gasteiger partial charge in [-0.05, 0) is 0 Å². The molecule has 2 aliphatic rings. The van der Waals surface area contributed by atoms with Gasteiger partial charge in [-0.25, -0.2) is 0 Å². The summed E-state index contributed by atoms with van der Waals surface area (Å²) in [6.45, 7) is -0.539. The van der Waals surface area contributed by atoms with Crippen molar-refractivity contribution in [1.29, 1.82) is 0 Å². The van der Waals surface area contributed by atoms with E-state index in [0.717, 1.165) is 0 Å². The first-order chi connectivity index (χ1) is 5.69. The minimum Gasteiger partial charge on any atom is -0.393 e. The van der Waals surface area contributed by atoms with Crippen LogP contribution in [0.3, 0.4) is 0 Å². The summed E-state index contributed by atoms with van der Waals surface area (Å²) >= 11 is 0. The number of aliphatic hydroxyl groups is 2. The maximum Gasteiger partial charge on any atom is 0.140 e. The van der Waals surface area contributed by atoms with Gasteiger partial charge in [-0.2, -0.15) is 0 Å². The van der Waals surface area contributed by atoms with Gasteiger partial charge in [0.25, 0.3) is 0 Å². The Hall–Kier alpha value is -0.160. The van der Waals surface area contributed by atoms with Crippen LogP contribution in [0.4, 0.5) is 0 Å². The van der Waals surface area contributed by atoms with Gasteiger partial charge in [0, 0.05) is 5.92 Å². The summed E-state index contributed by atoms with van der Waals surface area (Å²) in [6.07, 6.45) is -0.765. The van der Waals surface area contributed by atoms with E-state index in [1.54, 1.807) is 0 Å². The summed E-state index contributed by atoms with van der Waals surface area (Å²) < 4.78 is 17.7. The molecule has 2 rings (SSSR count). The van der Waals surface area contributed by atoms with Crippen LogP contribution in [-0.2, 0) is 9.47 Å². The first kappa shape index (κ1) is 6.37. The molecule has 2 saturated heterocycles. The Bertz CT molecular complexity index is 188. The standard InChI is InChI=1S/C7H12O4/c8-3-7-4-10-1-5(2-11-7)6(7)9/h5-6,8-9H,1-4H2/t5?,6-,7+/m1/s1/i2T/t2-,5?,6-,7+. The lowest BCUT2D eigenvalue weighted by Gasteiger charge is -2.34. The van der Waals surface area contributed by atoms with E-state index in [4.69, 9.17) is 16.0 Å². The molecule has 4 heteroatoms. The van der Waals surface area contributed by atoms with Crippen molar-refractivity contribution < 1.29 is 21.1 Å². The zero-order valence-corrected chi connectivity index (χ0v) is 6.06. The van der Waals surface area contributed by atoms with E-state index in [1.807, 2.05) is 0 Å².